The first-order chi connectivity index (χ1) is 6.95. The van der Waals surface area contributed by atoms with Gasteiger partial charge in [-0.05, 0) is 42.2 Å². The van der Waals surface area contributed by atoms with Crippen molar-refractivity contribution in [2.45, 2.75) is 45.6 Å². The smallest absolute Gasteiger partial charge is 0.158 e. The van der Waals surface area contributed by atoms with Gasteiger partial charge in [-0.15, -0.1) is 0 Å². The molecule has 0 aromatic heterocycles. The SMILES string of the molecule is CC(C)[C@H]1CC[C@H](C)C2=CC(=O)C[C@@]21O. The molecule has 1 saturated carbocycles. The van der Waals surface area contributed by atoms with Crippen LogP contribution in [0.1, 0.15) is 40.0 Å². The molecule has 2 aliphatic rings. The molecular weight excluding hydrogens is 188 g/mol. The first-order valence-corrected chi connectivity index (χ1v) is 5.92. The normalized spacial score (nSPS) is 40.6. The molecule has 2 nitrogen and oxygen atoms in total. The van der Waals surface area contributed by atoms with Gasteiger partial charge in [0.25, 0.3) is 0 Å². The number of rotatable bonds is 1. The number of carbonyl (C=O) groups is 1. The number of fused-ring (bicyclic) bond motifs is 1. The highest BCUT2D eigenvalue weighted by atomic mass is 16.3. The Labute approximate surface area is 91.4 Å². The lowest BCUT2D eigenvalue weighted by atomic mass is 9.65. The Bertz CT molecular complexity index is 316. The molecule has 0 spiro atoms. The molecule has 2 heteroatoms. The van der Waals surface area contributed by atoms with Crippen molar-refractivity contribution < 1.29 is 9.90 Å². The van der Waals surface area contributed by atoms with E-state index in [0.29, 0.717) is 18.3 Å². The zero-order valence-corrected chi connectivity index (χ0v) is 9.79. The molecule has 0 unspecified atom stereocenters. The predicted molar refractivity (Wildman–Crippen MR) is 59.4 cm³/mol. The predicted octanol–water partition coefficient (Wildman–Crippen LogP) is 2.32. The van der Waals surface area contributed by atoms with Crippen LogP contribution >= 0.6 is 0 Å². The van der Waals surface area contributed by atoms with Crippen LogP contribution in [0.3, 0.4) is 0 Å². The van der Waals surface area contributed by atoms with Crippen molar-refractivity contribution in [3.05, 3.63) is 11.6 Å². The molecule has 0 heterocycles. The first kappa shape index (κ1) is 10.9. The van der Waals surface area contributed by atoms with E-state index in [0.717, 1.165) is 18.4 Å². The van der Waals surface area contributed by atoms with Gasteiger partial charge < -0.3 is 5.11 Å². The summed E-state index contributed by atoms with van der Waals surface area (Å²) < 4.78 is 0. The summed E-state index contributed by atoms with van der Waals surface area (Å²) in [5, 5.41) is 10.7. The minimum absolute atomic E-state index is 0.104. The Balaban J connectivity index is 2.37. The van der Waals surface area contributed by atoms with E-state index in [1.165, 1.54) is 0 Å². The molecule has 0 aromatic rings. The molecule has 0 bridgehead atoms. The molecule has 84 valence electrons. The van der Waals surface area contributed by atoms with Crippen molar-refractivity contribution in [2.75, 3.05) is 0 Å². The van der Waals surface area contributed by atoms with Crippen molar-refractivity contribution in [3.63, 3.8) is 0 Å². The van der Waals surface area contributed by atoms with Crippen LogP contribution in [0.25, 0.3) is 0 Å². The summed E-state index contributed by atoms with van der Waals surface area (Å²) in [4.78, 5) is 11.5. The van der Waals surface area contributed by atoms with Crippen LogP contribution in [-0.2, 0) is 4.79 Å². The second kappa shape index (κ2) is 3.44. The average Bonchev–Trinajstić information content (AvgIpc) is 2.41. The number of allylic oxidation sites excluding steroid dienone is 1. The molecular formula is C13H20O2. The molecule has 0 aliphatic heterocycles. The van der Waals surface area contributed by atoms with Gasteiger partial charge in [-0.25, -0.2) is 0 Å². The van der Waals surface area contributed by atoms with Crippen LogP contribution in [0.15, 0.2) is 11.6 Å². The van der Waals surface area contributed by atoms with E-state index in [2.05, 4.69) is 20.8 Å². The number of hydrogen-bond donors (Lipinski definition) is 1. The maximum Gasteiger partial charge on any atom is 0.158 e. The van der Waals surface area contributed by atoms with E-state index < -0.39 is 5.60 Å². The molecule has 2 rings (SSSR count). The molecule has 0 amide bonds. The Morgan fingerprint density at radius 3 is 2.73 bits per heavy atom. The summed E-state index contributed by atoms with van der Waals surface area (Å²) >= 11 is 0. The number of ketones is 1. The topological polar surface area (TPSA) is 37.3 Å². The minimum Gasteiger partial charge on any atom is -0.385 e. The van der Waals surface area contributed by atoms with E-state index in [1.54, 1.807) is 6.08 Å². The fourth-order valence-electron chi connectivity index (χ4n) is 3.34. The average molecular weight is 208 g/mol. The highest BCUT2D eigenvalue weighted by Gasteiger charge is 2.50. The number of aliphatic hydroxyl groups is 1. The molecule has 15 heavy (non-hydrogen) atoms. The highest BCUT2D eigenvalue weighted by Crippen LogP contribution is 2.49. The standard InChI is InChI=1S/C13H20O2/c1-8(2)11-5-4-9(3)12-6-10(14)7-13(11,12)15/h6,8-9,11,15H,4-5,7H2,1-3H3/t9-,11+,13-/m0/s1. The first-order valence-electron chi connectivity index (χ1n) is 5.92. The summed E-state index contributed by atoms with van der Waals surface area (Å²) in [7, 11) is 0. The fourth-order valence-corrected chi connectivity index (χ4v) is 3.34. The monoisotopic (exact) mass is 208 g/mol. The number of hydrogen-bond acceptors (Lipinski definition) is 2. The zero-order chi connectivity index (χ0) is 11.2. The van der Waals surface area contributed by atoms with Gasteiger partial charge in [0.05, 0.1) is 5.60 Å². The number of carbonyl (C=O) groups excluding carboxylic acids is 1. The lowest BCUT2D eigenvalue weighted by Crippen LogP contribution is -2.46. The van der Waals surface area contributed by atoms with Crippen molar-refractivity contribution in [1.29, 1.82) is 0 Å². The Morgan fingerprint density at radius 2 is 2.13 bits per heavy atom. The van der Waals surface area contributed by atoms with Gasteiger partial charge in [-0.1, -0.05) is 20.8 Å². The quantitative estimate of drug-likeness (QED) is 0.718. The van der Waals surface area contributed by atoms with Gasteiger partial charge in [-0.2, -0.15) is 0 Å². The van der Waals surface area contributed by atoms with Crippen molar-refractivity contribution >= 4 is 5.78 Å². The molecule has 0 saturated heterocycles. The molecule has 3 atom stereocenters. The summed E-state index contributed by atoms with van der Waals surface area (Å²) in [6, 6.07) is 0. The minimum atomic E-state index is -0.817. The second-order valence-electron chi connectivity index (χ2n) is 5.50. The molecule has 1 N–H and O–H groups in total. The van der Waals surface area contributed by atoms with Crippen LogP contribution in [0, 0.1) is 17.8 Å². The van der Waals surface area contributed by atoms with Crippen LogP contribution in [0.5, 0.6) is 0 Å². The fraction of sp³-hybridized carbons (Fsp3) is 0.769. The van der Waals surface area contributed by atoms with E-state index in [-0.39, 0.29) is 11.7 Å². The molecule has 0 radical (unpaired) electrons. The Morgan fingerprint density at radius 1 is 1.47 bits per heavy atom. The summed E-state index contributed by atoms with van der Waals surface area (Å²) in [6.45, 7) is 6.39. The van der Waals surface area contributed by atoms with Gasteiger partial charge in [0.15, 0.2) is 5.78 Å². The Hall–Kier alpha value is -0.630. The summed E-state index contributed by atoms with van der Waals surface area (Å²) in [6.07, 6.45) is 4.15. The lowest BCUT2D eigenvalue weighted by Gasteiger charge is -2.44. The second-order valence-corrected chi connectivity index (χ2v) is 5.50. The van der Waals surface area contributed by atoms with Gasteiger partial charge in [0.1, 0.15) is 0 Å². The van der Waals surface area contributed by atoms with Crippen LogP contribution in [0.2, 0.25) is 0 Å². The summed E-state index contributed by atoms with van der Waals surface area (Å²) in [5.41, 5.74) is 0.181. The van der Waals surface area contributed by atoms with E-state index in [9.17, 15) is 9.90 Å². The van der Waals surface area contributed by atoms with Gasteiger partial charge >= 0.3 is 0 Å². The highest BCUT2D eigenvalue weighted by molar-refractivity contribution is 5.95. The third-order valence-electron chi connectivity index (χ3n) is 4.12. The third-order valence-corrected chi connectivity index (χ3v) is 4.12. The summed E-state index contributed by atoms with van der Waals surface area (Å²) in [5.74, 6) is 1.17. The zero-order valence-electron chi connectivity index (χ0n) is 9.79. The molecule has 2 aliphatic carbocycles. The van der Waals surface area contributed by atoms with Crippen molar-refractivity contribution in [3.8, 4) is 0 Å². The Kier molecular flexibility index (Phi) is 2.50. The van der Waals surface area contributed by atoms with Gasteiger partial charge in [-0.3, -0.25) is 4.79 Å². The van der Waals surface area contributed by atoms with Crippen LogP contribution in [-0.4, -0.2) is 16.5 Å². The van der Waals surface area contributed by atoms with Crippen LogP contribution < -0.4 is 0 Å². The van der Waals surface area contributed by atoms with Crippen LogP contribution in [0.4, 0.5) is 0 Å². The van der Waals surface area contributed by atoms with E-state index >= 15 is 0 Å². The maximum absolute atomic E-state index is 11.5. The lowest BCUT2D eigenvalue weighted by molar-refractivity contribution is -0.119. The maximum atomic E-state index is 11.5. The molecule has 0 aromatic carbocycles. The van der Waals surface area contributed by atoms with E-state index in [1.807, 2.05) is 0 Å². The molecule has 1 fully saturated rings. The third kappa shape index (κ3) is 1.55. The van der Waals surface area contributed by atoms with Gasteiger partial charge in [0.2, 0.25) is 0 Å². The van der Waals surface area contributed by atoms with Crippen molar-refractivity contribution in [1.82, 2.24) is 0 Å². The van der Waals surface area contributed by atoms with E-state index in [4.69, 9.17) is 0 Å². The van der Waals surface area contributed by atoms with Crippen molar-refractivity contribution in [2.24, 2.45) is 17.8 Å². The largest absolute Gasteiger partial charge is 0.385 e. The van der Waals surface area contributed by atoms with Gasteiger partial charge in [0, 0.05) is 6.42 Å².